The maximum Gasteiger partial charge on any atom is 0.206 e. The molecule has 0 aliphatic rings. The first-order chi connectivity index (χ1) is 6.68. The highest BCUT2D eigenvalue weighted by Crippen LogP contribution is 2.25. The number of carbonyl (C=O) groups excluding carboxylic acids is 1. The minimum absolute atomic E-state index is 0.0203. The molecule has 0 radical (unpaired) electrons. The Labute approximate surface area is 93.7 Å². The second kappa shape index (κ2) is 3.71. The van der Waals surface area contributed by atoms with Crippen LogP contribution in [0.25, 0.3) is 0 Å². The van der Waals surface area contributed by atoms with E-state index in [1.165, 1.54) is 17.6 Å². The van der Waals surface area contributed by atoms with Crippen LogP contribution in [0, 0.1) is 6.92 Å². The van der Waals surface area contributed by atoms with E-state index in [0.29, 0.717) is 11.3 Å². The smallest absolute Gasteiger partial charge is 0.206 e. The molecule has 2 aromatic rings. The molecule has 2 aromatic heterocycles. The van der Waals surface area contributed by atoms with Crippen LogP contribution in [0.1, 0.15) is 21.0 Å². The number of rotatable bonds is 2. The van der Waals surface area contributed by atoms with Crippen molar-refractivity contribution >= 4 is 33.0 Å². The van der Waals surface area contributed by atoms with Crippen molar-refractivity contribution in [1.82, 2.24) is 0 Å². The Kier molecular flexibility index (Phi) is 2.56. The third-order valence-electron chi connectivity index (χ3n) is 1.90. The fraction of sp³-hybridized carbons (Fsp3) is 0.100. The van der Waals surface area contributed by atoms with Crippen molar-refractivity contribution in [3.8, 4) is 0 Å². The predicted molar refractivity (Wildman–Crippen MR) is 58.9 cm³/mol. The van der Waals surface area contributed by atoms with Gasteiger partial charge in [0.25, 0.3) is 0 Å². The molecule has 0 bridgehead atoms. The molecule has 14 heavy (non-hydrogen) atoms. The van der Waals surface area contributed by atoms with Gasteiger partial charge in [-0.2, -0.15) is 0 Å². The van der Waals surface area contributed by atoms with Crippen LogP contribution in [0.15, 0.2) is 32.7 Å². The van der Waals surface area contributed by atoms with Crippen LogP contribution >= 0.6 is 27.3 Å². The van der Waals surface area contributed by atoms with E-state index in [1.807, 2.05) is 12.1 Å². The Morgan fingerprint density at radius 1 is 1.43 bits per heavy atom. The van der Waals surface area contributed by atoms with Crippen LogP contribution in [0.3, 0.4) is 0 Å². The summed E-state index contributed by atoms with van der Waals surface area (Å²) in [5.74, 6) is 0.687. The summed E-state index contributed by atoms with van der Waals surface area (Å²) in [6.45, 7) is 1.79. The first kappa shape index (κ1) is 9.68. The summed E-state index contributed by atoms with van der Waals surface area (Å²) in [5.41, 5.74) is 0.638. The molecule has 0 aromatic carbocycles. The van der Waals surface area contributed by atoms with Gasteiger partial charge >= 0.3 is 0 Å². The van der Waals surface area contributed by atoms with Gasteiger partial charge in [-0.15, -0.1) is 11.3 Å². The molecule has 0 amide bonds. The number of thiophene rings is 1. The SMILES string of the molecule is Cc1occc1C(=O)c1ccc(Br)s1. The van der Waals surface area contributed by atoms with Gasteiger partial charge in [-0.25, -0.2) is 0 Å². The monoisotopic (exact) mass is 270 g/mol. The average molecular weight is 271 g/mol. The van der Waals surface area contributed by atoms with Gasteiger partial charge in [-0.3, -0.25) is 4.79 Å². The summed E-state index contributed by atoms with van der Waals surface area (Å²) < 4.78 is 6.05. The van der Waals surface area contributed by atoms with Gasteiger partial charge in [-0.1, -0.05) is 0 Å². The van der Waals surface area contributed by atoms with Crippen molar-refractivity contribution in [3.05, 3.63) is 44.4 Å². The van der Waals surface area contributed by atoms with Gasteiger partial charge in [0.2, 0.25) is 5.78 Å². The van der Waals surface area contributed by atoms with Crippen molar-refractivity contribution in [1.29, 1.82) is 0 Å². The average Bonchev–Trinajstić information content (AvgIpc) is 2.73. The standard InChI is InChI=1S/C10H7BrO2S/c1-6-7(4-5-13-6)10(12)8-2-3-9(11)14-8/h2-5H,1H3. The minimum Gasteiger partial charge on any atom is -0.469 e. The molecule has 4 heteroatoms. The van der Waals surface area contributed by atoms with Gasteiger partial charge in [0.15, 0.2) is 0 Å². The second-order valence-electron chi connectivity index (χ2n) is 2.82. The van der Waals surface area contributed by atoms with Gasteiger partial charge < -0.3 is 4.42 Å². The summed E-state index contributed by atoms with van der Waals surface area (Å²) in [5, 5.41) is 0. The number of hydrogen-bond acceptors (Lipinski definition) is 3. The zero-order valence-electron chi connectivity index (χ0n) is 7.41. The molecule has 0 atom stereocenters. The van der Waals surface area contributed by atoms with Gasteiger partial charge in [0.05, 0.1) is 20.5 Å². The maximum atomic E-state index is 11.9. The molecule has 0 saturated heterocycles. The number of aryl methyl sites for hydroxylation is 1. The Bertz CT molecular complexity index is 470. The van der Waals surface area contributed by atoms with E-state index >= 15 is 0 Å². The van der Waals surface area contributed by atoms with Crippen molar-refractivity contribution < 1.29 is 9.21 Å². The molecular weight excluding hydrogens is 264 g/mol. The van der Waals surface area contributed by atoms with Crippen molar-refractivity contribution in [3.63, 3.8) is 0 Å². The lowest BCUT2D eigenvalue weighted by atomic mass is 10.1. The van der Waals surface area contributed by atoms with Crippen LogP contribution in [0.2, 0.25) is 0 Å². The lowest BCUT2D eigenvalue weighted by Gasteiger charge is -1.93. The van der Waals surface area contributed by atoms with E-state index in [-0.39, 0.29) is 5.78 Å². The van der Waals surface area contributed by atoms with E-state index < -0.39 is 0 Å². The van der Waals surface area contributed by atoms with Crippen LogP contribution in [-0.2, 0) is 0 Å². The second-order valence-corrected chi connectivity index (χ2v) is 5.29. The fourth-order valence-electron chi connectivity index (χ4n) is 1.19. The zero-order valence-corrected chi connectivity index (χ0v) is 9.81. The lowest BCUT2D eigenvalue weighted by Crippen LogP contribution is -1.97. The van der Waals surface area contributed by atoms with E-state index in [4.69, 9.17) is 4.42 Å². The molecule has 2 nitrogen and oxygen atoms in total. The highest BCUT2D eigenvalue weighted by Gasteiger charge is 2.15. The predicted octanol–water partition coefficient (Wildman–Crippen LogP) is 3.64. The molecular formula is C10H7BrO2S. The first-order valence-electron chi connectivity index (χ1n) is 4.02. The molecule has 0 fully saturated rings. The molecule has 0 N–H and O–H groups in total. The summed E-state index contributed by atoms with van der Waals surface area (Å²) in [4.78, 5) is 12.6. The highest BCUT2D eigenvalue weighted by atomic mass is 79.9. The van der Waals surface area contributed by atoms with Crippen LogP contribution in [0.5, 0.6) is 0 Å². The summed E-state index contributed by atoms with van der Waals surface area (Å²) in [7, 11) is 0. The molecule has 0 saturated carbocycles. The quantitative estimate of drug-likeness (QED) is 0.780. The lowest BCUT2D eigenvalue weighted by molar-refractivity contribution is 0.104. The Morgan fingerprint density at radius 3 is 2.71 bits per heavy atom. The van der Waals surface area contributed by atoms with Gasteiger partial charge in [0, 0.05) is 0 Å². The van der Waals surface area contributed by atoms with Gasteiger partial charge in [0.1, 0.15) is 5.76 Å². The summed E-state index contributed by atoms with van der Waals surface area (Å²) in [6.07, 6.45) is 1.53. The van der Waals surface area contributed by atoms with Crippen LogP contribution in [-0.4, -0.2) is 5.78 Å². The molecule has 0 spiro atoms. The summed E-state index contributed by atoms with van der Waals surface area (Å²) >= 11 is 4.75. The normalized spacial score (nSPS) is 10.4. The number of ketones is 1. The molecule has 0 unspecified atom stereocenters. The minimum atomic E-state index is 0.0203. The van der Waals surface area contributed by atoms with Crippen LogP contribution < -0.4 is 0 Å². The third kappa shape index (κ3) is 1.67. The van der Waals surface area contributed by atoms with Crippen LogP contribution in [0.4, 0.5) is 0 Å². The topological polar surface area (TPSA) is 30.2 Å². The van der Waals surface area contributed by atoms with Gasteiger partial charge in [-0.05, 0) is 41.1 Å². The van der Waals surface area contributed by atoms with Crippen molar-refractivity contribution in [2.24, 2.45) is 0 Å². The number of carbonyl (C=O) groups is 1. The molecule has 2 heterocycles. The fourth-order valence-corrected chi connectivity index (χ4v) is 2.53. The first-order valence-corrected chi connectivity index (χ1v) is 5.63. The number of furan rings is 1. The number of hydrogen-bond donors (Lipinski definition) is 0. The highest BCUT2D eigenvalue weighted by molar-refractivity contribution is 9.11. The molecule has 0 aliphatic heterocycles. The zero-order chi connectivity index (χ0) is 10.1. The molecule has 0 aliphatic carbocycles. The molecule has 2 rings (SSSR count). The van der Waals surface area contributed by atoms with E-state index in [0.717, 1.165) is 8.66 Å². The largest absolute Gasteiger partial charge is 0.469 e. The Morgan fingerprint density at radius 2 is 2.21 bits per heavy atom. The maximum absolute atomic E-state index is 11.9. The van der Waals surface area contributed by atoms with E-state index in [1.54, 1.807) is 13.0 Å². The number of halogens is 1. The van der Waals surface area contributed by atoms with Crippen molar-refractivity contribution in [2.45, 2.75) is 6.92 Å². The van der Waals surface area contributed by atoms with E-state index in [9.17, 15) is 4.79 Å². The Hall–Kier alpha value is -0.870. The summed E-state index contributed by atoms with van der Waals surface area (Å²) in [6, 6.07) is 5.38. The Balaban J connectivity index is 2.38. The van der Waals surface area contributed by atoms with E-state index in [2.05, 4.69) is 15.9 Å². The molecule has 72 valence electrons. The third-order valence-corrected chi connectivity index (χ3v) is 3.52. The van der Waals surface area contributed by atoms with Crippen molar-refractivity contribution in [2.75, 3.05) is 0 Å².